The second kappa shape index (κ2) is 9.25. The van der Waals surface area contributed by atoms with Crippen LogP contribution in [0.25, 0.3) is 11.2 Å². The Kier molecular flexibility index (Phi) is 6.26. The highest BCUT2D eigenvalue weighted by molar-refractivity contribution is 5.74. The third-order valence-electron chi connectivity index (χ3n) is 5.81. The molecule has 0 aliphatic carbocycles. The van der Waals surface area contributed by atoms with E-state index in [4.69, 9.17) is 9.72 Å². The standard InChI is InChI=1S/C24H29N5O2/c1-4-5-15-28-20-21(25-23(28)27-14-9-10-18(2)17-27)26-24(31-3)29(22(20)30)16-13-19-11-7-6-8-12-19/h6-8,11-12,18H,9-10,13-17H2,1-3H3. The molecule has 0 radical (unpaired) electrons. The highest BCUT2D eigenvalue weighted by Crippen LogP contribution is 2.26. The fourth-order valence-electron chi connectivity index (χ4n) is 4.24. The summed E-state index contributed by atoms with van der Waals surface area (Å²) in [5, 5.41) is 0. The van der Waals surface area contributed by atoms with E-state index in [1.807, 2.05) is 22.8 Å². The van der Waals surface area contributed by atoms with Crippen LogP contribution in [0.4, 0.5) is 5.95 Å². The average molecular weight is 420 g/mol. The van der Waals surface area contributed by atoms with Gasteiger partial charge < -0.3 is 9.64 Å². The minimum absolute atomic E-state index is 0.139. The normalized spacial score (nSPS) is 16.2. The SMILES string of the molecule is CC#CCn1c(N2CCCC(C)C2)nc2nc(OC)n(CCc3ccccc3)c(=O)c21. The zero-order valence-corrected chi connectivity index (χ0v) is 18.5. The molecular weight excluding hydrogens is 390 g/mol. The molecule has 0 N–H and O–H groups in total. The smallest absolute Gasteiger partial charge is 0.301 e. The first kappa shape index (κ1) is 21.0. The van der Waals surface area contributed by atoms with Gasteiger partial charge in [0.2, 0.25) is 5.95 Å². The van der Waals surface area contributed by atoms with Crippen molar-refractivity contribution < 1.29 is 4.74 Å². The van der Waals surface area contributed by atoms with Crippen LogP contribution in [0.15, 0.2) is 35.1 Å². The number of piperidine rings is 1. The lowest BCUT2D eigenvalue weighted by Gasteiger charge is -2.31. The molecule has 0 bridgehead atoms. The van der Waals surface area contributed by atoms with E-state index in [1.54, 1.807) is 18.6 Å². The van der Waals surface area contributed by atoms with Crippen LogP contribution in [-0.2, 0) is 19.5 Å². The van der Waals surface area contributed by atoms with Crippen molar-refractivity contribution in [3.05, 3.63) is 46.2 Å². The van der Waals surface area contributed by atoms with Crippen molar-refractivity contribution in [1.29, 1.82) is 0 Å². The lowest BCUT2D eigenvalue weighted by molar-refractivity contribution is 0.348. The number of fused-ring (bicyclic) bond motifs is 1. The van der Waals surface area contributed by atoms with Gasteiger partial charge in [0.15, 0.2) is 11.2 Å². The molecule has 3 aromatic rings. The monoisotopic (exact) mass is 419 g/mol. The molecule has 2 aromatic heterocycles. The molecule has 7 nitrogen and oxygen atoms in total. The Bertz CT molecular complexity index is 1170. The average Bonchev–Trinajstić information content (AvgIpc) is 3.16. The molecule has 1 aromatic carbocycles. The molecule has 162 valence electrons. The number of aryl methyl sites for hydroxylation is 1. The van der Waals surface area contributed by atoms with E-state index in [2.05, 4.69) is 40.8 Å². The first-order valence-corrected chi connectivity index (χ1v) is 10.9. The largest absolute Gasteiger partial charge is 0.468 e. The zero-order valence-electron chi connectivity index (χ0n) is 18.5. The van der Waals surface area contributed by atoms with Gasteiger partial charge in [0.05, 0.1) is 13.7 Å². The summed E-state index contributed by atoms with van der Waals surface area (Å²) in [6.07, 6.45) is 3.04. The second-order valence-electron chi connectivity index (χ2n) is 8.08. The molecule has 0 saturated carbocycles. The maximum Gasteiger partial charge on any atom is 0.301 e. The Balaban J connectivity index is 1.81. The van der Waals surface area contributed by atoms with Gasteiger partial charge in [-0.25, -0.2) is 0 Å². The number of methoxy groups -OCH3 is 1. The van der Waals surface area contributed by atoms with Gasteiger partial charge in [0, 0.05) is 19.6 Å². The van der Waals surface area contributed by atoms with Gasteiger partial charge in [0.1, 0.15) is 0 Å². The van der Waals surface area contributed by atoms with Crippen molar-refractivity contribution in [3.63, 3.8) is 0 Å². The molecule has 1 atom stereocenters. The number of aromatic nitrogens is 4. The van der Waals surface area contributed by atoms with Crippen LogP contribution in [0.3, 0.4) is 0 Å². The van der Waals surface area contributed by atoms with E-state index in [1.165, 1.54) is 6.42 Å². The fraction of sp³-hybridized carbons (Fsp3) is 0.458. The summed E-state index contributed by atoms with van der Waals surface area (Å²) in [5.74, 6) is 7.41. The number of anilines is 1. The molecule has 1 aliphatic heterocycles. The van der Waals surface area contributed by atoms with Gasteiger partial charge in [-0.2, -0.15) is 9.97 Å². The summed E-state index contributed by atoms with van der Waals surface area (Å²) < 4.78 is 9.01. The van der Waals surface area contributed by atoms with Gasteiger partial charge in [-0.15, -0.1) is 5.92 Å². The van der Waals surface area contributed by atoms with E-state index in [0.717, 1.165) is 31.0 Å². The van der Waals surface area contributed by atoms with E-state index >= 15 is 0 Å². The predicted molar refractivity (Wildman–Crippen MR) is 123 cm³/mol. The number of rotatable bonds is 6. The summed E-state index contributed by atoms with van der Waals surface area (Å²) in [7, 11) is 1.54. The van der Waals surface area contributed by atoms with Crippen molar-refractivity contribution in [3.8, 4) is 17.9 Å². The molecular formula is C24H29N5O2. The molecule has 1 unspecified atom stereocenters. The Labute approximate surface area is 182 Å². The maximum absolute atomic E-state index is 13.6. The van der Waals surface area contributed by atoms with E-state index in [9.17, 15) is 4.79 Å². The topological polar surface area (TPSA) is 65.2 Å². The Hall–Kier alpha value is -3.27. The quantitative estimate of drug-likeness (QED) is 0.575. The zero-order chi connectivity index (χ0) is 21.8. The first-order valence-electron chi connectivity index (χ1n) is 10.9. The van der Waals surface area contributed by atoms with Crippen LogP contribution in [0.5, 0.6) is 6.01 Å². The first-order chi connectivity index (χ1) is 15.1. The Morgan fingerprint density at radius 3 is 2.71 bits per heavy atom. The van der Waals surface area contributed by atoms with E-state index in [0.29, 0.717) is 42.6 Å². The maximum atomic E-state index is 13.6. The van der Waals surface area contributed by atoms with Crippen LogP contribution < -0.4 is 15.2 Å². The minimum atomic E-state index is -0.139. The Morgan fingerprint density at radius 1 is 1.19 bits per heavy atom. The molecule has 3 heterocycles. The lowest BCUT2D eigenvalue weighted by atomic mass is 10.0. The molecule has 1 aliphatic rings. The predicted octanol–water partition coefficient (Wildman–Crippen LogP) is 3.10. The highest BCUT2D eigenvalue weighted by Gasteiger charge is 2.25. The molecule has 1 fully saturated rings. The lowest BCUT2D eigenvalue weighted by Crippen LogP contribution is -2.36. The van der Waals surface area contributed by atoms with Gasteiger partial charge in [-0.05, 0) is 37.7 Å². The molecule has 0 amide bonds. The van der Waals surface area contributed by atoms with Gasteiger partial charge >= 0.3 is 6.01 Å². The van der Waals surface area contributed by atoms with Gasteiger partial charge in [-0.3, -0.25) is 13.9 Å². The summed E-state index contributed by atoms with van der Waals surface area (Å²) in [6, 6.07) is 10.4. The number of imidazole rings is 1. The van der Waals surface area contributed by atoms with Crippen molar-refractivity contribution >= 4 is 17.1 Å². The number of benzene rings is 1. The molecule has 1 saturated heterocycles. The second-order valence-corrected chi connectivity index (χ2v) is 8.08. The van der Waals surface area contributed by atoms with E-state index in [-0.39, 0.29) is 5.56 Å². The summed E-state index contributed by atoms with van der Waals surface area (Å²) in [6.45, 7) is 6.80. The van der Waals surface area contributed by atoms with Crippen LogP contribution >= 0.6 is 0 Å². The number of nitrogens with zero attached hydrogens (tertiary/aromatic N) is 5. The Morgan fingerprint density at radius 2 is 2.00 bits per heavy atom. The van der Waals surface area contributed by atoms with Crippen molar-refractivity contribution in [2.45, 2.75) is 46.2 Å². The van der Waals surface area contributed by atoms with Crippen LogP contribution in [0, 0.1) is 17.8 Å². The summed E-state index contributed by atoms with van der Waals surface area (Å²) >= 11 is 0. The number of ether oxygens (including phenoxy) is 1. The summed E-state index contributed by atoms with van der Waals surface area (Å²) in [5.41, 5.74) is 1.93. The van der Waals surface area contributed by atoms with Crippen LogP contribution in [-0.4, -0.2) is 39.3 Å². The molecule has 7 heteroatoms. The van der Waals surface area contributed by atoms with Crippen LogP contribution in [0.1, 0.15) is 32.3 Å². The van der Waals surface area contributed by atoms with Crippen molar-refractivity contribution in [2.75, 3.05) is 25.1 Å². The van der Waals surface area contributed by atoms with Crippen molar-refractivity contribution in [1.82, 2.24) is 19.1 Å². The molecule has 31 heavy (non-hydrogen) atoms. The number of hydrogen-bond donors (Lipinski definition) is 0. The molecule has 0 spiro atoms. The van der Waals surface area contributed by atoms with Crippen molar-refractivity contribution in [2.24, 2.45) is 5.92 Å². The van der Waals surface area contributed by atoms with Gasteiger partial charge in [0.25, 0.3) is 5.56 Å². The third kappa shape index (κ3) is 4.29. The summed E-state index contributed by atoms with van der Waals surface area (Å²) in [4.78, 5) is 25.2. The third-order valence-corrected chi connectivity index (χ3v) is 5.81. The highest BCUT2D eigenvalue weighted by atomic mass is 16.5. The molecule has 4 rings (SSSR count). The van der Waals surface area contributed by atoms with Crippen LogP contribution in [0.2, 0.25) is 0 Å². The van der Waals surface area contributed by atoms with E-state index < -0.39 is 0 Å². The minimum Gasteiger partial charge on any atom is -0.468 e. The number of hydrogen-bond acceptors (Lipinski definition) is 5. The van der Waals surface area contributed by atoms with Gasteiger partial charge in [-0.1, -0.05) is 43.2 Å². The fourth-order valence-corrected chi connectivity index (χ4v) is 4.24.